The van der Waals surface area contributed by atoms with E-state index in [9.17, 15) is 4.79 Å². The maximum absolute atomic E-state index is 12.1. The third-order valence-electron chi connectivity index (χ3n) is 4.79. The molecule has 0 aliphatic carbocycles. The fourth-order valence-corrected chi connectivity index (χ4v) is 3.42. The van der Waals surface area contributed by atoms with Crippen LogP contribution < -0.4 is 5.73 Å². The maximum atomic E-state index is 12.1. The highest BCUT2D eigenvalue weighted by Crippen LogP contribution is 2.24. The van der Waals surface area contributed by atoms with Crippen molar-refractivity contribution in [2.75, 3.05) is 13.1 Å². The molecule has 0 saturated carbocycles. The number of hydrogen-bond acceptors (Lipinski definition) is 3. The Labute approximate surface area is 152 Å². The van der Waals surface area contributed by atoms with Crippen molar-refractivity contribution in [3.8, 4) is 0 Å². The van der Waals surface area contributed by atoms with Crippen molar-refractivity contribution in [3.63, 3.8) is 0 Å². The molecule has 1 fully saturated rings. The van der Waals surface area contributed by atoms with E-state index >= 15 is 0 Å². The molecular weight excluding hydrogens is 312 g/mol. The van der Waals surface area contributed by atoms with Crippen molar-refractivity contribution < 1.29 is 9.53 Å². The molecule has 140 valence electrons. The van der Waals surface area contributed by atoms with Crippen LogP contribution in [-0.2, 0) is 11.2 Å². The molecule has 4 nitrogen and oxygen atoms in total. The van der Waals surface area contributed by atoms with E-state index in [2.05, 4.69) is 24.3 Å². The molecule has 1 aliphatic heterocycles. The number of carbonyl (C=O) groups excluding carboxylic acids is 1. The van der Waals surface area contributed by atoms with E-state index in [0.29, 0.717) is 5.92 Å². The van der Waals surface area contributed by atoms with Crippen molar-refractivity contribution in [2.24, 2.45) is 11.7 Å². The number of carbonyl (C=O) groups is 1. The Balaban J connectivity index is 1.61. The highest BCUT2D eigenvalue weighted by molar-refractivity contribution is 5.68. The lowest BCUT2D eigenvalue weighted by molar-refractivity contribution is 0.0180. The Hall–Kier alpha value is -1.55. The molecule has 1 atom stereocenters. The van der Waals surface area contributed by atoms with Gasteiger partial charge in [-0.3, -0.25) is 0 Å². The van der Waals surface area contributed by atoms with Gasteiger partial charge in [0.1, 0.15) is 5.60 Å². The zero-order chi connectivity index (χ0) is 18.3. The quantitative estimate of drug-likeness (QED) is 0.832. The Morgan fingerprint density at radius 2 is 1.88 bits per heavy atom. The molecule has 2 N–H and O–H groups in total. The molecule has 0 unspecified atom stereocenters. The van der Waals surface area contributed by atoms with Gasteiger partial charge in [0.25, 0.3) is 0 Å². The second-order valence-corrected chi connectivity index (χ2v) is 8.29. The number of nitrogens with zero attached hydrogens (tertiary/aromatic N) is 1. The second-order valence-electron chi connectivity index (χ2n) is 8.29. The predicted molar refractivity (Wildman–Crippen MR) is 103 cm³/mol. The summed E-state index contributed by atoms with van der Waals surface area (Å²) in [6, 6.07) is 10.7. The minimum atomic E-state index is -0.414. The molecule has 1 heterocycles. The van der Waals surface area contributed by atoms with Gasteiger partial charge in [0, 0.05) is 19.1 Å². The van der Waals surface area contributed by atoms with E-state index in [1.54, 1.807) is 0 Å². The fourth-order valence-electron chi connectivity index (χ4n) is 3.42. The van der Waals surface area contributed by atoms with Crippen LogP contribution in [0.1, 0.15) is 58.4 Å². The molecule has 4 heteroatoms. The van der Waals surface area contributed by atoms with Crippen molar-refractivity contribution >= 4 is 6.09 Å². The average Bonchev–Trinajstić information content (AvgIpc) is 2.55. The van der Waals surface area contributed by atoms with Gasteiger partial charge in [-0.15, -0.1) is 0 Å². The van der Waals surface area contributed by atoms with Crippen molar-refractivity contribution in [2.45, 2.75) is 70.9 Å². The summed E-state index contributed by atoms with van der Waals surface area (Å²) in [5.74, 6) is 0.711. The summed E-state index contributed by atoms with van der Waals surface area (Å²) in [6.07, 6.45) is 6.39. The number of piperidine rings is 1. The predicted octanol–water partition coefficient (Wildman–Crippen LogP) is 4.37. The number of rotatable bonds is 6. The normalized spacial score (nSPS) is 17.4. The first-order valence-electron chi connectivity index (χ1n) is 9.61. The standard InChI is InChI=1S/C21H34N2O2/c1-21(2,3)25-20(24)23-14-12-17(13-15-23)10-7-11-19(22)16-18-8-5-4-6-9-18/h4-6,8-9,17,19H,7,10-16,22H2,1-3H3/t19-/m1/s1. The third kappa shape index (κ3) is 7.47. The molecule has 0 bridgehead atoms. The highest BCUT2D eigenvalue weighted by atomic mass is 16.6. The summed E-state index contributed by atoms with van der Waals surface area (Å²) in [4.78, 5) is 13.9. The molecular formula is C21H34N2O2. The first-order valence-corrected chi connectivity index (χ1v) is 9.61. The highest BCUT2D eigenvalue weighted by Gasteiger charge is 2.26. The molecule has 0 aromatic heterocycles. The molecule has 25 heavy (non-hydrogen) atoms. The fraction of sp³-hybridized carbons (Fsp3) is 0.667. The summed E-state index contributed by atoms with van der Waals surface area (Å²) >= 11 is 0. The van der Waals surface area contributed by atoms with Gasteiger partial charge in [-0.1, -0.05) is 43.2 Å². The largest absolute Gasteiger partial charge is 0.444 e. The molecule has 1 amide bonds. The van der Waals surface area contributed by atoms with Crippen LogP contribution >= 0.6 is 0 Å². The van der Waals surface area contributed by atoms with E-state index in [1.165, 1.54) is 18.4 Å². The number of likely N-dealkylation sites (tertiary alicyclic amines) is 1. The summed E-state index contributed by atoms with van der Waals surface area (Å²) in [6.45, 7) is 7.37. The third-order valence-corrected chi connectivity index (χ3v) is 4.79. The molecule has 1 aromatic carbocycles. The second kappa shape index (κ2) is 9.23. The van der Waals surface area contributed by atoms with Gasteiger partial charge in [0.2, 0.25) is 0 Å². The minimum Gasteiger partial charge on any atom is -0.444 e. The van der Waals surface area contributed by atoms with Crippen LogP contribution in [-0.4, -0.2) is 35.7 Å². The lowest BCUT2D eigenvalue weighted by Gasteiger charge is -2.33. The van der Waals surface area contributed by atoms with Crippen LogP contribution in [0.2, 0.25) is 0 Å². The molecule has 1 aromatic rings. The zero-order valence-corrected chi connectivity index (χ0v) is 16.0. The molecule has 1 saturated heterocycles. The first kappa shape index (κ1) is 19.8. The van der Waals surface area contributed by atoms with Crippen LogP contribution in [0, 0.1) is 5.92 Å². The Morgan fingerprint density at radius 3 is 2.48 bits per heavy atom. The van der Waals surface area contributed by atoms with Crippen LogP contribution in [0.25, 0.3) is 0 Å². The summed E-state index contributed by atoms with van der Waals surface area (Å²) in [5, 5.41) is 0. The minimum absolute atomic E-state index is 0.171. The first-order chi connectivity index (χ1) is 11.8. The van der Waals surface area contributed by atoms with Crippen molar-refractivity contribution in [1.29, 1.82) is 0 Å². The number of ether oxygens (including phenoxy) is 1. The average molecular weight is 347 g/mol. The van der Waals surface area contributed by atoms with Crippen LogP contribution in [0.15, 0.2) is 30.3 Å². The molecule has 0 spiro atoms. The van der Waals surface area contributed by atoms with Gasteiger partial charge >= 0.3 is 6.09 Å². The van der Waals surface area contributed by atoms with E-state index < -0.39 is 5.60 Å². The van der Waals surface area contributed by atoms with Gasteiger partial charge in [0.15, 0.2) is 0 Å². The van der Waals surface area contributed by atoms with Crippen LogP contribution in [0.4, 0.5) is 4.79 Å². The van der Waals surface area contributed by atoms with Crippen molar-refractivity contribution in [1.82, 2.24) is 4.90 Å². The number of nitrogens with two attached hydrogens (primary N) is 1. The summed E-state index contributed by atoms with van der Waals surface area (Å²) in [7, 11) is 0. The van der Waals surface area contributed by atoms with E-state index in [0.717, 1.165) is 38.8 Å². The molecule has 0 radical (unpaired) electrons. The molecule has 2 rings (SSSR count). The maximum Gasteiger partial charge on any atom is 0.410 e. The van der Waals surface area contributed by atoms with Gasteiger partial charge < -0.3 is 15.4 Å². The SMILES string of the molecule is CC(C)(C)OC(=O)N1CCC(CCC[C@@H](N)Cc2ccccc2)CC1. The lowest BCUT2D eigenvalue weighted by Crippen LogP contribution is -2.41. The van der Waals surface area contributed by atoms with Gasteiger partial charge in [-0.2, -0.15) is 0 Å². The smallest absolute Gasteiger partial charge is 0.410 e. The van der Waals surface area contributed by atoms with Gasteiger partial charge in [-0.05, 0) is 57.9 Å². The Bertz CT molecular complexity index is 516. The summed E-state index contributed by atoms with van der Waals surface area (Å²) < 4.78 is 5.45. The Morgan fingerprint density at radius 1 is 1.24 bits per heavy atom. The van der Waals surface area contributed by atoms with Crippen LogP contribution in [0.5, 0.6) is 0 Å². The number of amides is 1. The zero-order valence-electron chi connectivity index (χ0n) is 16.0. The van der Waals surface area contributed by atoms with E-state index in [4.69, 9.17) is 10.5 Å². The van der Waals surface area contributed by atoms with Crippen molar-refractivity contribution in [3.05, 3.63) is 35.9 Å². The number of hydrogen-bond donors (Lipinski definition) is 1. The topological polar surface area (TPSA) is 55.6 Å². The Kier molecular flexibility index (Phi) is 7.30. The monoisotopic (exact) mass is 346 g/mol. The van der Waals surface area contributed by atoms with Gasteiger partial charge in [-0.25, -0.2) is 4.79 Å². The molecule has 1 aliphatic rings. The van der Waals surface area contributed by atoms with E-state index in [1.807, 2.05) is 31.7 Å². The van der Waals surface area contributed by atoms with Crippen LogP contribution in [0.3, 0.4) is 0 Å². The number of benzene rings is 1. The van der Waals surface area contributed by atoms with Gasteiger partial charge in [0.05, 0.1) is 0 Å². The summed E-state index contributed by atoms with van der Waals surface area (Å²) in [5.41, 5.74) is 7.18. The lowest BCUT2D eigenvalue weighted by atomic mass is 9.90. The van der Waals surface area contributed by atoms with E-state index in [-0.39, 0.29) is 12.1 Å².